The van der Waals surface area contributed by atoms with Gasteiger partial charge in [-0.2, -0.15) is 0 Å². The van der Waals surface area contributed by atoms with Crippen molar-refractivity contribution in [2.45, 2.75) is 36.8 Å². The summed E-state index contributed by atoms with van der Waals surface area (Å²) in [4.78, 5) is 12.9. The summed E-state index contributed by atoms with van der Waals surface area (Å²) in [5.74, 6) is 0.823. The van der Waals surface area contributed by atoms with Crippen LogP contribution in [-0.2, 0) is 4.74 Å². The van der Waals surface area contributed by atoms with Crippen LogP contribution >= 0.6 is 23.4 Å². The van der Waals surface area contributed by atoms with E-state index in [1.807, 2.05) is 31.2 Å². The molecule has 2 rings (SSSR count). The lowest BCUT2D eigenvalue weighted by atomic mass is 10.1. The first kappa shape index (κ1) is 16.5. The van der Waals surface area contributed by atoms with Crippen LogP contribution in [0.2, 0.25) is 5.02 Å². The molecule has 0 saturated carbocycles. The van der Waals surface area contributed by atoms with Crippen LogP contribution in [0, 0.1) is 0 Å². The number of halogens is 1. The van der Waals surface area contributed by atoms with Gasteiger partial charge < -0.3 is 15.4 Å². The molecule has 1 aromatic carbocycles. The molecule has 1 saturated heterocycles. The molecule has 6 heteroatoms. The van der Waals surface area contributed by atoms with E-state index in [4.69, 9.17) is 16.3 Å². The highest BCUT2D eigenvalue weighted by Gasteiger charge is 2.23. The zero-order valence-electron chi connectivity index (χ0n) is 12.1. The second-order valence-corrected chi connectivity index (χ2v) is 6.65. The molecule has 2 amide bonds. The number of hydrogen-bond acceptors (Lipinski definition) is 3. The molecule has 2 atom stereocenters. The van der Waals surface area contributed by atoms with Gasteiger partial charge in [0.25, 0.3) is 0 Å². The lowest BCUT2D eigenvalue weighted by Gasteiger charge is -2.20. The number of thioether (sulfide) groups is 1. The third-order valence-electron chi connectivity index (χ3n) is 3.35. The van der Waals surface area contributed by atoms with Crippen molar-refractivity contribution in [2.24, 2.45) is 0 Å². The van der Waals surface area contributed by atoms with Gasteiger partial charge in [0.2, 0.25) is 0 Å². The number of carbonyl (C=O) groups excluding carboxylic acids is 1. The van der Waals surface area contributed by atoms with E-state index in [9.17, 15) is 4.79 Å². The van der Waals surface area contributed by atoms with E-state index in [1.165, 1.54) is 0 Å². The summed E-state index contributed by atoms with van der Waals surface area (Å²) >= 11 is 7.52. The van der Waals surface area contributed by atoms with Crippen LogP contribution in [0.15, 0.2) is 29.2 Å². The molecule has 0 bridgehead atoms. The fourth-order valence-electron chi connectivity index (χ4n) is 2.21. The van der Waals surface area contributed by atoms with Crippen LogP contribution in [0.3, 0.4) is 0 Å². The van der Waals surface area contributed by atoms with Gasteiger partial charge >= 0.3 is 6.03 Å². The van der Waals surface area contributed by atoms with Gasteiger partial charge in [-0.25, -0.2) is 4.79 Å². The highest BCUT2D eigenvalue weighted by Crippen LogP contribution is 2.19. The summed E-state index contributed by atoms with van der Waals surface area (Å²) in [6.07, 6.45) is 2.25. The summed E-state index contributed by atoms with van der Waals surface area (Å²) in [7, 11) is 0. The van der Waals surface area contributed by atoms with Gasteiger partial charge in [0.1, 0.15) is 0 Å². The lowest BCUT2D eigenvalue weighted by molar-refractivity contribution is 0.0861. The first-order valence-electron chi connectivity index (χ1n) is 7.19. The molecule has 1 aromatic rings. The van der Waals surface area contributed by atoms with Crippen LogP contribution in [0.1, 0.15) is 19.8 Å². The fourth-order valence-corrected chi connectivity index (χ4v) is 3.11. The number of amides is 2. The molecule has 2 N–H and O–H groups in total. The Morgan fingerprint density at radius 3 is 2.90 bits per heavy atom. The number of ether oxygens (including phenoxy) is 1. The summed E-state index contributed by atoms with van der Waals surface area (Å²) in [6, 6.07) is 7.62. The van der Waals surface area contributed by atoms with Gasteiger partial charge in [0, 0.05) is 28.8 Å². The molecule has 4 nitrogen and oxygen atoms in total. The number of nitrogens with one attached hydrogen (secondary N) is 2. The SMILES string of the molecule is CC(NC(=O)NCCSc1ccc(Cl)cc1)C1CCCO1. The van der Waals surface area contributed by atoms with Gasteiger partial charge in [-0.3, -0.25) is 0 Å². The smallest absolute Gasteiger partial charge is 0.315 e. The van der Waals surface area contributed by atoms with Gasteiger partial charge in [-0.15, -0.1) is 11.8 Å². The average Bonchev–Trinajstić information content (AvgIpc) is 3.00. The van der Waals surface area contributed by atoms with Crippen LogP contribution in [0.4, 0.5) is 4.79 Å². The number of urea groups is 1. The largest absolute Gasteiger partial charge is 0.376 e. The van der Waals surface area contributed by atoms with Crippen molar-refractivity contribution in [3.63, 3.8) is 0 Å². The Kier molecular flexibility index (Phi) is 6.67. The maximum Gasteiger partial charge on any atom is 0.315 e. The van der Waals surface area contributed by atoms with Crippen molar-refractivity contribution in [3.05, 3.63) is 29.3 Å². The first-order valence-corrected chi connectivity index (χ1v) is 8.56. The minimum Gasteiger partial charge on any atom is -0.376 e. The number of rotatable bonds is 6. The maximum atomic E-state index is 11.8. The molecule has 0 aliphatic carbocycles. The van der Waals surface area contributed by atoms with Gasteiger partial charge in [0.15, 0.2) is 0 Å². The van der Waals surface area contributed by atoms with E-state index in [0.717, 1.165) is 35.1 Å². The molecule has 1 heterocycles. The predicted octanol–water partition coefficient (Wildman–Crippen LogP) is 3.30. The van der Waals surface area contributed by atoms with E-state index < -0.39 is 0 Å². The molecule has 116 valence electrons. The second kappa shape index (κ2) is 8.51. The maximum absolute atomic E-state index is 11.8. The summed E-state index contributed by atoms with van der Waals surface area (Å²) in [6.45, 7) is 3.41. The average molecular weight is 329 g/mol. The first-order chi connectivity index (χ1) is 10.1. The Balaban J connectivity index is 1.59. The molecule has 1 fully saturated rings. The Hall–Kier alpha value is -0.910. The van der Waals surface area contributed by atoms with Crippen LogP contribution in [-0.4, -0.2) is 37.1 Å². The Morgan fingerprint density at radius 1 is 1.48 bits per heavy atom. The minimum absolute atomic E-state index is 0.0522. The van der Waals surface area contributed by atoms with E-state index in [1.54, 1.807) is 11.8 Å². The zero-order valence-corrected chi connectivity index (χ0v) is 13.7. The highest BCUT2D eigenvalue weighted by molar-refractivity contribution is 7.99. The monoisotopic (exact) mass is 328 g/mol. The highest BCUT2D eigenvalue weighted by atomic mass is 35.5. The van der Waals surface area contributed by atoms with Crippen molar-refractivity contribution in [1.29, 1.82) is 0 Å². The van der Waals surface area contributed by atoms with E-state index in [2.05, 4.69) is 10.6 Å². The van der Waals surface area contributed by atoms with Crippen molar-refractivity contribution in [3.8, 4) is 0 Å². The molecule has 0 aromatic heterocycles. The standard InChI is InChI=1S/C15H21ClN2O2S/c1-11(14-3-2-9-20-14)18-15(19)17-8-10-21-13-6-4-12(16)5-7-13/h4-7,11,14H,2-3,8-10H2,1H3,(H2,17,18,19). The van der Waals surface area contributed by atoms with Gasteiger partial charge in [-0.1, -0.05) is 11.6 Å². The van der Waals surface area contributed by atoms with Gasteiger partial charge in [0.05, 0.1) is 12.1 Å². The Labute approximate surface area is 135 Å². The van der Waals surface area contributed by atoms with Crippen molar-refractivity contribution >= 4 is 29.4 Å². The minimum atomic E-state index is -0.130. The number of carbonyl (C=O) groups is 1. The van der Waals surface area contributed by atoms with Crippen molar-refractivity contribution < 1.29 is 9.53 Å². The molecule has 1 aliphatic heterocycles. The molecule has 21 heavy (non-hydrogen) atoms. The molecular weight excluding hydrogens is 308 g/mol. The molecular formula is C15H21ClN2O2S. The third-order valence-corrected chi connectivity index (χ3v) is 4.62. The van der Waals surface area contributed by atoms with Crippen LogP contribution < -0.4 is 10.6 Å². The van der Waals surface area contributed by atoms with Crippen LogP contribution in [0.5, 0.6) is 0 Å². The zero-order chi connectivity index (χ0) is 15.1. The quantitative estimate of drug-likeness (QED) is 0.622. The lowest BCUT2D eigenvalue weighted by Crippen LogP contribution is -2.46. The summed E-state index contributed by atoms with van der Waals surface area (Å²) < 4.78 is 5.55. The Bertz CT molecular complexity index is 449. The second-order valence-electron chi connectivity index (χ2n) is 5.04. The normalized spacial score (nSPS) is 19.2. The summed E-state index contributed by atoms with van der Waals surface area (Å²) in [5.41, 5.74) is 0. The molecule has 0 radical (unpaired) electrons. The fraction of sp³-hybridized carbons (Fsp3) is 0.533. The van der Waals surface area contributed by atoms with E-state index in [-0.39, 0.29) is 18.2 Å². The molecule has 0 spiro atoms. The number of hydrogen-bond donors (Lipinski definition) is 2. The predicted molar refractivity (Wildman–Crippen MR) is 87.1 cm³/mol. The Morgan fingerprint density at radius 2 is 2.24 bits per heavy atom. The van der Waals surface area contributed by atoms with E-state index >= 15 is 0 Å². The van der Waals surface area contributed by atoms with E-state index in [0.29, 0.717) is 6.54 Å². The third kappa shape index (κ3) is 5.77. The topological polar surface area (TPSA) is 50.4 Å². The van der Waals surface area contributed by atoms with Crippen molar-refractivity contribution in [1.82, 2.24) is 10.6 Å². The molecule has 2 unspecified atom stereocenters. The van der Waals surface area contributed by atoms with Crippen LogP contribution in [0.25, 0.3) is 0 Å². The molecule has 1 aliphatic rings. The van der Waals surface area contributed by atoms with Gasteiger partial charge in [-0.05, 0) is 44.0 Å². The van der Waals surface area contributed by atoms with Crippen molar-refractivity contribution in [2.75, 3.05) is 18.9 Å². The summed E-state index contributed by atoms with van der Waals surface area (Å²) in [5, 5.41) is 6.53. The number of benzene rings is 1.